The van der Waals surface area contributed by atoms with E-state index >= 15 is 0 Å². The molecule has 1 heterocycles. The van der Waals surface area contributed by atoms with Crippen molar-refractivity contribution in [1.29, 1.82) is 0 Å². The molecule has 1 unspecified atom stereocenters. The van der Waals surface area contributed by atoms with Gasteiger partial charge in [0.1, 0.15) is 5.15 Å². The largest absolute Gasteiger partial charge is 0.330 e. The standard InChI is InChI=1S/C14H13Cl3N2O2/c1-3-9-12(17)18-14(21)19(13(9)20)7(2)10-5-4-8(15)6-11(10)16/h4-7H,3H2,1-2H3,(H,18,21). The molecule has 0 aliphatic heterocycles. The van der Waals surface area contributed by atoms with Crippen LogP contribution in [-0.4, -0.2) is 9.55 Å². The predicted molar refractivity (Wildman–Crippen MR) is 86.0 cm³/mol. The smallest absolute Gasteiger partial charge is 0.297 e. The number of hydrogen-bond donors (Lipinski definition) is 1. The minimum atomic E-state index is -0.569. The number of nitrogens with zero attached hydrogens (tertiary/aromatic N) is 1. The molecule has 0 radical (unpaired) electrons. The Bertz CT molecular complexity index is 796. The first-order chi connectivity index (χ1) is 9.86. The fourth-order valence-corrected chi connectivity index (χ4v) is 3.06. The Hall–Kier alpha value is -1.23. The van der Waals surface area contributed by atoms with E-state index in [1.54, 1.807) is 32.0 Å². The lowest BCUT2D eigenvalue weighted by Gasteiger charge is -2.17. The number of halogens is 3. The molecule has 0 fully saturated rings. The summed E-state index contributed by atoms with van der Waals surface area (Å²) in [6.07, 6.45) is 0.426. The predicted octanol–water partition coefficient (Wildman–Crippen LogP) is 3.67. The van der Waals surface area contributed by atoms with Crippen LogP contribution in [-0.2, 0) is 6.42 Å². The van der Waals surface area contributed by atoms with Crippen LogP contribution >= 0.6 is 34.8 Å². The van der Waals surface area contributed by atoms with Crippen molar-refractivity contribution >= 4 is 34.8 Å². The average Bonchev–Trinajstić information content (AvgIpc) is 2.38. The van der Waals surface area contributed by atoms with E-state index < -0.39 is 17.3 Å². The van der Waals surface area contributed by atoms with Crippen LogP contribution in [0.1, 0.15) is 31.0 Å². The molecule has 1 aromatic heterocycles. The number of rotatable bonds is 3. The monoisotopic (exact) mass is 346 g/mol. The highest BCUT2D eigenvalue weighted by molar-refractivity contribution is 6.35. The molecule has 0 bridgehead atoms. The molecule has 0 aliphatic carbocycles. The maximum Gasteiger partial charge on any atom is 0.330 e. The summed E-state index contributed by atoms with van der Waals surface area (Å²) in [7, 11) is 0. The van der Waals surface area contributed by atoms with Gasteiger partial charge in [0, 0.05) is 10.0 Å². The van der Waals surface area contributed by atoms with E-state index in [-0.39, 0.29) is 5.15 Å². The van der Waals surface area contributed by atoms with Crippen LogP contribution in [0.2, 0.25) is 15.2 Å². The Morgan fingerprint density at radius 2 is 1.90 bits per heavy atom. The molecule has 21 heavy (non-hydrogen) atoms. The summed E-state index contributed by atoms with van der Waals surface area (Å²) in [4.78, 5) is 27.0. The summed E-state index contributed by atoms with van der Waals surface area (Å²) in [5, 5.41) is 0.968. The second-order valence-electron chi connectivity index (χ2n) is 4.59. The van der Waals surface area contributed by atoms with Gasteiger partial charge in [0.15, 0.2) is 0 Å². The van der Waals surface area contributed by atoms with Crippen LogP contribution in [0, 0.1) is 0 Å². The zero-order valence-corrected chi connectivity index (χ0v) is 13.7. The third-order valence-corrected chi connectivity index (χ3v) is 4.22. The maximum absolute atomic E-state index is 12.4. The molecule has 1 N–H and O–H groups in total. The SMILES string of the molecule is CCc1c(Cl)[nH]c(=O)n(C(C)c2ccc(Cl)cc2Cl)c1=O. The lowest BCUT2D eigenvalue weighted by molar-refractivity contribution is 0.572. The molecule has 7 heteroatoms. The first-order valence-electron chi connectivity index (χ1n) is 6.35. The minimum Gasteiger partial charge on any atom is -0.297 e. The minimum absolute atomic E-state index is 0.0816. The Kier molecular flexibility index (Phi) is 4.81. The molecule has 4 nitrogen and oxygen atoms in total. The molecule has 0 aliphatic rings. The van der Waals surface area contributed by atoms with Gasteiger partial charge in [-0.3, -0.25) is 14.3 Å². The molecular weight excluding hydrogens is 335 g/mol. The second kappa shape index (κ2) is 6.26. The Labute approximate surface area is 136 Å². The second-order valence-corrected chi connectivity index (χ2v) is 5.81. The summed E-state index contributed by atoms with van der Waals surface area (Å²) in [5.41, 5.74) is 0.0247. The van der Waals surface area contributed by atoms with Crippen molar-refractivity contribution in [3.05, 3.63) is 65.4 Å². The molecule has 112 valence electrons. The molecule has 2 aromatic rings. The van der Waals surface area contributed by atoms with Crippen LogP contribution in [0.4, 0.5) is 0 Å². The van der Waals surface area contributed by atoms with E-state index in [2.05, 4.69) is 4.98 Å². The first kappa shape index (κ1) is 16.1. The third kappa shape index (κ3) is 3.03. The van der Waals surface area contributed by atoms with Gasteiger partial charge in [-0.05, 0) is 31.0 Å². The molecule has 0 spiro atoms. The quantitative estimate of drug-likeness (QED) is 0.861. The fourth-order valence-electron chi connectivity index (χ4n) is 2.20. The number of aromatic amines is 1. The van der Waals surface area contributed by atoms with Gasteiger partial charge in [-0.15, -0.1) is 0 Å². The number of nitrogens with one attached hydrogen (secondary N) is 1. The van der Waals surface area contributed by atoms with Gasteiger partial charge in [0.05, 0.1) is 11.6 Å². The molecule has 1 aromatic carbocycles. The van der Waals surface area contributed by atoms with Crippen molar-refractivity contribution in [3.63, 3.8) is 0 Å². The number of aromatic nitrogens is 2. The normalized spacial score (nSPS) is 12.4. The summed E-state index contributed by atoms with van der Waals surface area (Å²) in [6, 6.07) is 4.40. The van der Waals surface area contributed by atoms with Crippen molar-refractivity contribution in [2.24, 2.45) is 0 Å². The Morgan fingerprint density at radius 3 is 2.48 bits per heavy atom. The van der Waals surface area contributed by atoms with Crippen molar-refractivity contribution in [1.82, 2.24) is 9.55 Å². The molecule has 0 saturated heterocycles. The van der Waals surface area contributed by atoms with E-state index in [0.29, 0.717) is 27.6 Å². The van der Waals surface area contributed by atoms with Crippen LogP contribution in [0.25, 0.3) is 0 Å². The zero-order chi connectivity index (χ0) is 15.7. The highest BCUT2D eigenvalue weighted by atomic mass is 35.5. The van der Waals surface area contributed by atoms with E-state index in [1.165, 1.54) is 0 Å². The van der Waals surface area contributed by atoms with Gasteiger partial charge in [-0.2, -0.15) is 0 Å². The summed E-state index contributed by atoms with van der Waals surface area (Å²) in [6.45, 7) is 3.52. The summed E-state index contributed by atoms with van der Waals surface area (Å²) >= 11 is 17.9. The topological polar surface area (TPSA) is 54.9 Å². The van der Waals surface area contributed by atoms with Crippen molar-refractivity contribution in [2.45, 2.75) is 26.3 Å². The van der Waals surface area contributed by atoms with Crippen LogP contribution in [0.5, 0.6) is 0 Å². The number of hydrogen-bond acceptors (Lipinski definition) is 2. The Morgan fingerprint density at radius 1 is 1.24 bits per heavy atom. The van der Waals surface area contributed by atoms with Gasteiger partial charge in [0.25, 0.3) is 5.56 Å². The molecular formula is C14H13Cl3N2O2. The van der Waals surface area contributed by atoms with Gasteiger partial charge >= 0.3 is 5.69 Å². The highest BCUT2D eigenvalue weighted by Gasteiger charge is 2.19. The van der Waals surface area contributed by atoms with Gasteiger partial charge in [0.2, 0.25) is 0 Å². The number of benzene rings is 1. The van der Waals surface area contributed by atoms with Gasteiger partial charge in [-0.1, -0.05) is 47.8 Å². The third-order valence-electron chi connectivity index (χ3n) is 3.33. The molecule has 2 rings (SSSR count). The molecule has 0 saturated carbocycles. The molecule has 0 amide bonds. The van der Waals surface area contributed by atoms with Crippen molar-refractivity contribution in [2.75, 3.05) is 0 Å². The lowest BCUT2D eigenvalue weighted by atomic mass is 10.1. The van der Waals surface area contributed by atoms with Crippen LogP contribution < -0.4 is 11.2 Å². The summed E-state index contributed by atoms with van der Waals surface area (Å²) < 4.78 is 1.11. The average molecular weight is 348 g/mol. The van der Waals surface area contributed by atoms with Gasteiger partial charge < -0.3 is 0 Å². The van der Waals surface area contributed by atoms with Gasteiger partial charge in [-0.25, -0.2) is 4.79 Å². The Balaban J connectivity index is 2.66. The van der Waals surface area contributed by atoms with E-state index in [1.807, 2.05) is 0 Å². The maximum atomic E-state index is 12.4. The van der Waals surface area contributed by atoms with Crippen molar-refractivity contribution < 1.29 is 0 Å². The molecule has 1 atom stereocenters. The fraction of sp³-hybridized carbons (Fsp3) is 0.286. The highest BCUT2D eigenvalue weighted by Crippen LogP contribution is 2.27. The van der Waals surface area contributed by atoms with E-state index in [4.69, 9.17) is 34.8 Å². The first-order valence-corrected chi connectivity index (χ1v) is 7.48. The van der Waals surface area contributed by atoms with E-state index in [9.17, 15) is 9.59 Å². The van der Waals surface area contributed by atoms with E-state index in [0.717, 1.165) is 4.57 Å². The lowest BCUT2D eigenvalue weighted by Crippen LogP contribution is -2.39. The zero-order valence-electron chi connectivity index (χ0n) is 11.4. The van der Waals surface area contributed by atoms with Crippen molar-refractivity contribution in [3.8, 4) is 0 Å². The number of H-pyrrole nitrogens is 1. The van der Waals surface area contributed by atoms with Crippen LogP contribution in [0.15, 0.2) is 27.8 Å². The summed E-state index contributed by atoms with van der Waals surface area (Å²) in [5.74, 6) is 0. The van der Waals surface area contributed by atoms with Crippen LogP contribution in [0.3, 0.4) is 0 Å².